The number of amides is 1. The molecule has 0 bridgehead atoms. The largest absolute Gasteiger partial charge is 0.443 e. The van der Waals surface area contributed by atoms with Gasteiger partial charge >= 0.3 is 6.09 Å². The van der Waals surface area contributed by atoms with Gasteiger partial charge in [0.2, 0.25) is 0 Å². The van der Waals surface area contributed by atoms with Gasteiger partial charge in [-0.25, -0.2) is 14.8 Å². The average molecular weight is 366 g/mol. The van der Waals surface area contributed by atoms with Gasteiger partial charge in [-0.15, -0.1) is 0 Å². The monoisotopic (exact) mass is 365 g/mol. The van der Waals surface area contributed by atoms with Crippen LogP contribution in [0.1, 0.15) is 20.8 Å². The topological polar surface area (TPSA) is 55.3 Å². The lowest BCUT2D eigenvalue weighted by molar-refractivity contribution is 0.0588. The normalized spacial score (nSPS) is 11.2. The van der Waals surface area contributed by atoms with Crippen molar-refractivity contribution in [2.45, 2.75) is 31.5 Å². The van der Waals surface area contributed by atoms with Crippen LogP contribution in [-0.2, 0) is 4.74 Å². The maximum absolute atomic E-state index is 12.4. The molecule has 1 heterocycles. The van der Waals surface area contributed by atoms with Crippen LogP contribution in [0.2, 0.25) is 5.02 Å². The molecule has 5 nitrogen and oxygen atoms in total. The SMILES string of the molecule is CSc1ncc(-c2ccccc2Cl)c(N(C)C(=O)OC(C)(C)C)n1. The second-order valence-electron chi connectivity index (χ2n) is 6.11. The number of anilines is 1. The molecule has 0 aliphatic carbocycles. The molecule has 7 heteroatoms. The van der Waals surface area contributed by atoms with Crippen LogP contribution < -0.4 is 4.90 Å². The number of aromatic nitrogens is 2. The summed E-state index contributed by atoms with van der Waals surface area (Å²) >= 11 is 7.70. The van der Waals surface area contributed by atoms with Crippen molar-refractivity contribution in [2.24, 2.45) is 0 Å². The molecule has 2 aromatic rings. The van der Waals surface area contributed by atoms with Gasteiger partial charge in [-0.2, -0.15) is 0 Å². The van der Waals surface area contributed by atoms with E-state index in [4.69, 9.17) is 16.3 Å². The summed E-state index contributed by atoms with van der Waals surface area (Å²) < 4.78 is 5.44. The first-order valence-corrected chi connectivity index (χ1v) is 8.96. The van der Waals surface area contributed by atoms with Gasteiger partial charge in [0.25, 0.3) is 0 Å². The number of nitrogens with zero attached hydrogens (tertiary/aromatic N) is 3. The van der Waals surface area contributed by atoms with E-state index >= 15 is 0 Å². The number of rotatable bonds is 3. The predicted molar refractivity (Wildman–Crippen MR) is 98.9 cm³/mol. The highest BCUT2D eigenvalue weighted by Gasteiger charge is 2.24. The number of hydrogen-bond acceptors (Lipinski definition) is 5. The molecule has 1 amide bonds. The fraction of sp³-hybridized carbons (Fsp3) is 0.353. The standard InChI is InChI=1S/C17H20ClN3O2S/c1-17(2,3)23-16(22)21(4)14-12(10-19-15(20-14)24-5)11-8-6-7-9-13(11)18/h6-10H,1-5H3. The second-order valence-corrected chi connectivity index (χ2v) is 7.29. The molecule has 0 spiro atoms. The molecule has 0 N–H and O–H groups in total. The smallest absolute Gasteiger partial charge is 0.415 e. The molecule has 24 heavy (non-hydrogen) atoms. The number of hydrogen-bond donors (Lipinski definition) is 0. The van der Waals surface area contributed by atoms with Crippen LogP contribution >= 0.6 is 23.4 Å². The Morgan fingerprint density at radius 3 is 2.50 bits per heavy atom. The maximum Gasteiger partial charge on any atom is 0.415 e. The van der Waals surface area contributed by atoms with Crippen molar-refractivity contribution in [3.8, 4) is 11.1 Å². The van der Waals surface area contributed by atoms with Crippen molar-refractivity contribution in [2.75, 3.05) is 18.2 Å². The van der Waals surface area contributed by atoms with Gasteiger partial charge in [0.05, 0.1) is 0 Å². The van der Waals surface area contributed by atoms with E-state index in [1.165, 1.54) is 16.7 Å². The highest BCUT2D eigenvalue weighted by molar-refractivity contribution is 7.98. The summed E-state index contributed by atoms with van der Waals surface area (Å²) in [4.78, 5) is 22.6. The van der Waals surface area contributed by atoms with Crippen LogP contribution in [0.25, 0.3) is 11.1 Å². The minimum atomic E-state index is -0.592. The summed E-state index contributed by atoms with van der Waals surface area (Å²) in [6, 6.07) is 7.38. The van der Waals surface area contributed by atoms with E-state index in [2.05, 4.69) is 9.97 Å². The van der Waals surface area contributed by atoms with Gasteiger partial charge in [-0.1, -0.05) is 41.6 Å². The quantitative estimate of drug-likeness (QED) is 0.572. The van der Waals surface area contributed by atoms with Gasteiger partial charge in [0.15, 0.2) is 5.16 Å². The summed E-state index contributed by atoms with van der Waals surface area (Å²) in [5.41, 5.74) is 0.842. The van der Waals surface area contributed by atoms with Gasteiger partial charge in [-0.05, 0) is 33.1 Å². The summed E-state index contributed by atoms with van der Waals surface area (Å²) in [5.74, 6) is 0.455. The minimum Gasteiger partial charge on any atom is -0.443 e. The molecule has 0 atom stereocenters. The Hall–Kier alpha value is -1.79. The Morgan fingerprint density at radius 1 is 1.25 bits per heavy atom. The minimum absolute atomic E-state index is 0.455. The van der Waals surface area contributed by atoms with Crippen LogP contribution in [0.5, 0.6) is 0 Å². The molecule has 0 unspecified atom stereocenters. The summed E-state index contributed by atoms with van der Waals surface area (Å²) in [5, 5.41) is 1.13. The zero-order chi connectivity index (χ0) is 17.9. The first kappa shape index (κ1) is 18.5. The van der Waals surface area contributed by atoms with Crippen molar-refractivity contribution in [3.63, 3.8) is 0 Å². The Morgan fingerprint density at radius 2 is 1.92 bits per heavy atom. The molecule has 128 valence electrons. The fourth-order valence-electron chi connectivity index (χ4n) is 2.00. The number of ether oxygens (including phenoxy) is 1. The Balaban J connectivity index is 2.51. The second kappa shape index (κ2) is 7.40. The van der Waals surface area contributed by atoms with Crippen molar-refractivity contribution in [3.05, 3.63) is 35.5 Å². The van der Waals surface area contributed by atoms with Crippen molar-refractivity contribution in [1.82, 2.24) is 9.97 Å². The summed E-state index contributed by atoms with van der Waals surface area (Å²) in [6.07, 6.45) is 3.07. The lowest BCUT2D eigenvalue weighted by Crippen LogP contribution is -2.35. The number of carbonyl (C=O) groups excluding carboxylic acids is 1. The lowest BCUT2D eigenvalue weighted by Gasteiger charge is -2.25. The van der Waals surface area contributed by atoms with E-state index in [0.717, 1.165) is 5.56 Å². The molecule has 0 saturated heterocycles. The molecular weight excluding hydrogens is 346 g/mol. The van der Waals surface area contributed by atoms with E-state index < -0.39 is 11.7 Å². The molecular formula is C17H20ClN3O2S. The first-order valence-electron chi connectivity index (χ1n) is 7.35. The maximum atomic E-state index is 12.4. The van der Waals surface area contributed by atoms with Crippen LogP contribution in [0, 0.1) is 0 Å². The Bertz CT molecular complexity index is 747. The van der Waals surface area contributed by atoms with Gasteiger partial charge in [-0.3, -0.25) is 4.90 Å². The molecule has 0 radical (unpaired) electrons. The number of carbonyl (C=O) groups is 1. The number of benzene rings is 1. The van der Waals surface area contributed by atoms with Crippen molar-refractivity contribution in [1.29, 1.82) is 0 Å². The van der Waals surface area contributed by atoms with Gasteiger partial charge in [0, 0.05) is 29.4 Å². The summed E-state index contributed by atoms with van der Waals surface area (Å²) in [7, 11) is 1.63. The van der Waals surface area contributed by atoms with Crippen LogP contribution in [0.15, 0.2) is 35.6 Å². The van der Waals surface area contributed by atoms with E-state index in [1.54, 1.807) is 19.3 Å². The van der Waals surface area contributed by atoms with Crippen molar-refractivity contribution >= 4 is 35.3 Å². The third kappa shape index (κ3) is 4.39. The summed E-state index contributed by atoms with van der Waals surface area (Å²) in [6.45, 7) is 5.46. The molecule has 1 aromatic carbocycles. The molecule has 1 aromatic heterocycles. The van der Waals surface area contributed by atoms with Crippen LogP contribution in [0.3, 0.4) is 0 Å². The van der Waals surface area contributed by atoms with Crippen LogP contribution in [-0.4, -0.2) is 35.0 Å². The molecule has 2 rings (SSSR count). The van der Waals surface area contributed by atoms with E-state index in [9.17, 15) is 4.79 Å². The highest BCUT2D eigenvalue weighted by Crippen LogP contribution is 2.34. The Kier molecular flexibility index (Phi) is 5.72. The number of halogens is 1. The van der Waals surface area contributed by atoms with Crippen molar-refractivity contribution < 1.29 is 9.53 Å². The van der Waals surface area contributed by atoms with Crippen LogP contribution in [0.4, 0.5) is 10.6 Å². The average Bonchev–Trinajstić information content (AvgIpc) is 2.52. The molecule has 0 saturated carbocycles. The Labute approximate surface area is 151 Å². The van der Waals surface area contributed by atoms with E-state index in [0.29, 0.717) is 21.6 Å². The predicted octanol–water partition coefficient (Wildman–Crippen LogP) is 4.89. The zero-order valence-corrected chi connectivity index (χ0v) is 15.9. The third-order valence-corrected chi connectivity index (χ3v) is 3.97. The first-order chi connectivity index (χ1) is 11.2. The van der Waals surface area contributed by atoms with E-state index in [1.807, 2.05) is 45.2 Å². The highest BCUT2D eigenvalue weighted by atomic mass is 35.5. The van der Waals surface area contributed by atoms with E-state index in [-0.39, 0.29) is 0 Å². The lowest BCUT2D eigenvalue weighted by atomic mass is 10.1. The van der Waals surface area contributed by atoms with Gasteiger partial charge in [0.1, 0.15) is 11.4 Å². The van der Waals surface area contributed by atoms with Gasteiger partial charge < -0.3 is 4.74 Å². The molecule has 0 aliphatic heterocycles. The number of thioether (sulfide) groups is 1. The fourth-order valence-corrected chi connectivity index (χ4v) is 2.57. The third-order valence-electron chi connectivity index (χ3n) is 3.08. The molecule has 0 aliphatic rings. The molecule has 0 fully saturated rings. The zero-order valence-electron chi connectivity index (χ0n) is 14.3.